The van der Waals surface area contributed by atoms with Gasteiger partial charge in [0.1, 0.15) is 11.5 Å². The number of nitrogens with zero attached hydrogens (tertiary/aromatic N) is 1. The smallest absolute Gasteiger partial charge is 0.118 e. The van der Waals surface area contributed by atoms with Crippen LogP contribution in [0.3, 0.4) is 0 Å². The van der Waals surface area contributed by atoms with Crippen molar-refractivity contribution in [2.45, 2.75) is 53.8 Å². The van der Waals surface area contributed by atoms with E-state index in [1.165, 1.54) is 5.56 Å². The number of hydrogen-bond donors (Lipinski definition) is 1. The van der Waals surface area contributed by atoms with E-state index >= 15 is 0 Å². The van der Waals surface area contributed by atoms with Crippen molar-refractivity contribution in [3.63, 3.8) is 0 Å². The van der Waals surface area contributed by atoms with Crippen LogP contribution in [0.25, 0.3) is 0 Å². The molecule has 4 heteroatoms. The molecule has 0 amide bonds. The third-order valence-electron chi connectivity index (χ3n) is 3.61. The second-order valence-corrected chi connectivity index (χ2v) is 6.38. The highest BCUT2D eigenvalue weighted by Gasteiger charge is 2.14. The predicted octanol–water partition coefficient (Wildman–Crippen LogP) is 3.19. The highest BCUT2D eigenvalue weighted by molar-refractivity contribution is 5.20. The molecule has 1 N–H and O–H groups in total. The molecule has 21 heavy (non-hydrogen) atoms. The monoisotopic (exact) mass is 296 g/mol. The van der Waals surface area contributed by atoms with Crippen LogP contribution in [0.5, 0.6) is 0 Å². The van der Waals surface area contributed by atoms with E-state index in [0.29, 0.717) is 12.0 Å². The van der Waals surface area contributed by atoms with E-state index in [-0.39, 0.29) is 0 Å². The first kappa shape index (κ1) is 18.2. The highest BCUT2D eigenvalue weighted by Crippen LogP contribution is 2.17. The van der Waals surface area contributed by atoms with Gasteiger partial charge in [0.2, 0.25) is 0 Å². The topological polar surface area (TPSA) is 37.6 Å². The minimum Gasteiger partial charge on any atom is -0.465 e. The second kappa shape index (κ2) is 9.23. The van der Waals surface area contributed by atoms with Crippen molar-refractivity contribution in [1.82, 2.24) is 10.2 Å². The highest BCUT2D eigenvalue weighted by atomic mass is 16.5. The Kier molecular flexibility index (Phi) is 8.01. The quantitative estimate of drug-likeness (QED) is 0.719. The summed E-state index contributed by atoms with van der Waals surface area (Å²) < 4.78 is 11.1. The third-order valence-corrected chi connectivity index (χ3v) is 3.61. The van der Waals surface area contributed by atoms with E-state index in [1.54, 1.807) is 7.11 Å². The Balaban J connectivity index is 2.58. The molecule has 0 aliphatic heterocycles. The summed E-state index contributed by atoms with van der Waals surface area (Å²) in [7, 11) is 1.74. The molecule has 1 rings (SSSR count). The standard InChI is InChI=1S/C17H32N2O2/c1-13(2)10-18-11-16-9-17(21-15(16)5)12-19(14(3)4)7-8-20-6/h9,13-14,18H,7-8,10-12H2,1-6H3. The lowest BCUT2D eigenvalue weighted by Gasteiger charge is -2.24. The molecule has 0 aromatic carbocycles. The minimum absolute atomic E-state index is 0.480. The number of ether oxygens (including phenoxy) is 1. The molecule has 1 heterocycles. The molecule has 122 valence electrons. The van der Waals surface area contributed by atoms with E-state index in [9.17, 15) is 0 Å². The number of rotatable bonds is 10. The molecule has 0 saturated heterocycles. The Labute approximate surface area is 129 Å². The van der Waals surface area contributed by atoms with Crippen LogP contribution in [0.2, 0.25) is 0 Å². The number of nitrogens with one attached hydrogen (secondary N) is 1. The van der Waals surface area contributed by atoms with Crippen LogP contribution >= 0.6 is 0 Å². The summed E-state index contributed by atoms with van der Waals surface area (Å²) in [6, 6.07) is 2.67. The first-order valence-corrected chi connectivity index (χ1v) is 7.96. The number of methoxy groups -OCH3 is 1. The van der Waals surface area contributed by atoms with Crippen LogP contribution in [0.4, 0.5) is 0 Å². The zero-order valence-electron chi connectivity index (χ0n) is 14.5. The minimum atomic E-state index is 0.480. The van der Waals surface area contributed by atoms with Crippen LogP contribution in [0, 0.1) is 12.8 Å². The van der Waals surface area contributed by atoms with Crippen molar-refractivity contribution in [3.05, 3.63) is 23.2 Å². The molecule has 0 fully saturated rings. The molecule has 0 saturated carbocycles. The molecule has 0 bridgehead atoms. The second-order valence-electron chi connectivity index (χ2n) is 6.38. The Hall–Kier alpha value is -0.840. The Morgan fingerprint density at radius 3 is 2.57 bits per heavy atom. The maximum atomic E-state index is 5.91. The normalized spacial score (nSPS) is 12.0. The van der Waals surface area contributed by atoms with Gasteiger partial charge in [0.15, 0.2) is 0 Å². The van der Waals surface area contributed by atoms with Gasteiger partial charge in [-0.3, -0.25) is 4.90 Å². The summed E-state index contributed by atoms with van der Waals surface area (Å²) in [6.45, 7) is 15.3. The molecule has 0 aliphatic carbocycles. The molecule has 0 radical (unpaired) electrons. The van der Waals surface area contributed by atoms with E-state index in [2.05, 4.69) is 44.0 Å². The first-order valence-electron chi connectivity index (χ1n) is 7.96. The fourth-order valence-electron chi connectivity index (χ4n) is 2.27. The number of hydrogen-bond acceptors (Lipinski definition) is 4. The van der Waals surface area contributed by atoms with Crippen LogP contribution in [-0.4, -0.2) is 37.7 Å². The van der Waals surface area contributed by atoms with Gasteiger partial charge in [0.25, 0.3) is 0 Å². The van der Waals surface area contributed by atoms with Crippen LogP contribution in [0.1, 0.15) is 44.8 Å². The largest absolute Gasteiger partial charge is 0.465 e. The number of aryl methyl sites for hydroxylation is 1. The summed E-state index contributed by atoms with van der Waals surface area (Å²) in [5, 5.41) is 3.47. The van der Waals surface area contributed by atoms with Gasteiger partial charge in [0.05, 0.1) is 13.2 Å². The first-order chi connectivity index (χ1) is 9.93. The lowest BCUT2D eigenvalue weighted by molar-refractivity contribution is 0.119. The van der Waals surface area contributed by atoms with Crippen molar-refractivity contribution in [2.75, 3.05) is 26.8 Å². The Morgan fingerprint density at radius 1 is 1.29 bits per heavy atom. The predicted molar refractivity (Wildman–Crippen MR) is 87.4 cm³/mol. The van der Waals surface area contributed by atoms with E-state index in [4.69, 9.17) is 9.15 Å². The lowest BCUT2D eigenvalue weighted by Crippen LogP contribution is -2.33. The molecule has 4 nitrogen and oxygen atoms in total. The zero-order chi connectivity index (χ0) is 15.8. The lowest BCUT2D eigenvalue weighted by atomic mass is 10.2. The van der Waals surface area contributed by atoms with Crippen LogP contribution in [-0.2, 0) is 17.8 Å². The van der Waals surface area contributed by atoms with Crippen molar-refractivity contribution in [1.29, 1.82) is 0 Å². The Morgan fingerprint density at radius 2 is 2.00 bits per heavy atom. The maximum absolute atomic E-state index is 5.91. The molecule has 1 aromatic heterocycles. The van der Waals surface area contributed by atoms with Crippen molar-refractivity contribution in [3.8, 4) is 0 Å². The molecule has 0 aliphatic rings. The SMILES string of the molecule is COCCN(Cc1cc(CNCC(C)C)c(C)o1)C(C)C. The summed E-state index contributed by atoms with van der Waals surface area (Å²) in [5.74, 6) is 2.73. The van der Waals surface area contributed by atoms with E-state index < -0.39 is 0 Å². The van der Waals surface area contributed by atoms with E-state index in [1.807, 2.05) is 6.92 Å². The molecule has 0 unspecified atom stereocenters. The fourth-order valence-corrected chi connectivity index (χ4v) is 2.27. The molecular weight excluding hydrogens is 264 g/mol. The number of furan rings is 1. The van der Waals surface area contributed by atoms with Gasteiger partial charge < -0.3 is 14.5 Å². The van der Waals surface area contributed by atoms with Crippen LogP contribution in [0.15, 0.2) is 10.5 Å². The van der Waals surface area contributed by atoms with Crippen molar-refractivity contribution in [2.24, 2.45) is 5.92 Å². The van der Waals surface area contributed by atoms with Crippen molar-refractivity contribution >= 4 is 0 Å². The Bertz CT molecular complexity index is 399. The molecule has 1 aromatic rings. The zero-order valence-corrected chi connectivity index (χ0v) is 14.5. The van der Waals surface area contributed by atoms with Gasteiger partial charge >= 0.3 is 0 Å². The van der Waals surface area contributed by atoms with E-state index in [0.717, 1.165) is 44.3 Å². The maximum Gasteiger partial charge on any atom is 0.118 e. The van der Waals surface area contributed by atoms with Gasteiger partial charge in [-0.15, -0.1) is 0 Å². The third kappa shape index (κ3) is 6.64. The van der Waals surface area contributed by atoms with Gasteiger partial charge in [-0.1, -0.05) is 13.8 Å². The summed E-state index contributed by atoms with van der Waals surface area (Å²) in [5.41, 5.74) is 1.26. The summed E-state index contributed by atoms with van der Waals surface area (Å²) in [6.07, 6.45) is 0. The molecular formula is C17H32N2O2. The summed E-state index contributed by atoms with van der Waals surface area (Å²) >= 11 is 0. The van der Waals surface area contributed by atoms with Gasteiger partial charge in [-0.25, -0.2) is 0 Å². The fraction of sp³-hybridized carbons (Fsp3) is 0.765. The van der Waals surface area contributed by atoms with Gasteiger partial charge in [0, 0.05) is 31.8 Å². The van der Waals surface area contributed by atoms with Gasteiger partial charge in [-0.2, -0.15) is 0 Å². The van der Waals surface area contributed by atoms with Gasteiger partial charge in [-0.05, 0) is 39.3 Å². The summed E-state index contributed by atoms with van der Waals surface area (Å²) in [4.78, 5) is 2.37. The average Bonchev–Trinajstić information content (AvgIpc) is 2.74. The average molecular weight is 296 g/mol. The molecule has 0 spiro atoms. The van der Waals surface area contributed by atoms with Crippen molar-refractivity contribution < 1.29 is 9.15 Å². The molecule has 0 atom stereocenters. The van der Waals surface area contributed by atoms with Crippen LogP contribution < -0.4 is 5.32 Å².